The van der Waals surface area contributed by atoms with Gasteiger partial charge in [-0.3, -0.25) is 4.79 Å². The molecule has 2 N–H and O–H groups in total. The van der Waals surface area contributed by atoms with Crippen LogP contribution in [0.3, 0.4) is 0 Å². The monoisotopic (exact) mass is 294 g/mol. The van der Waals surface area contributed by atoms with Crippen LogP contribution in [0.1, 0.15) is 36.5 Å². The molecule has 2 unspecified atom stereocenters. The van der Waals surface area contributed by atoms with E-state index < -0.39 is 5.82 Å². The number of hydrogen-bond acceptors (Lipinski definition) is 3. The summed E-state index contributed by atoms with van der Waals surface area (Å²) in [6, 6.07) is 4.28. The van der Waals surface area contributed by atoms with Crippen LogP contribution < -0.4 is 10.5 Å². The molecular weight excluding hydrogens is 271 g/mol. The molecule has 1 aliphatic rings. The molecule has 1 amide bonds. The van der Waals surface area contributed by atoms with Gasteiger partial charge in [-0.15, -0.1) is 0 Å². The summed E-state index contributed by atoms with van der Waals surface area (Å²) in [5.74, 6) is 0.159. The number of ether oxygens (including phenoxy) is 1. The summed E-state index contributed by atoms with van der Waals surface area (Å²) in [5.41, 5.74) is 6.27. The fourth-order valence-corrected chi connectivity index (χ4v) is 2.95. The lowest BCUT2D eigenvalue weighted by Gasteiger charge is -2.39. The van der Waals surface area contributed by atoms with Crippen LogP contribution in [0.2, 0.25) is 0 Å². The van der Waals surface area contributed by atoms with E-state index in [9.17, 15) is 9.18 Å². The summed E-state index contributed by atoms with van der Waals surface area (Å²) < 4.78 is 18.4. The van der Waals surface area contributed by atoms with E-state index in [4.69, 9.17) is 10.5 Å². The van der Waals surface area contributed by atoms with Crippen molar-refractivity contribution in [2.24, 2.45) is 11.7 Å². The van der Waals surface area contributed by atoms with Gasteiger partial charge in [0.2, 0.25) is 0 Å². The fraction of sp³-hybridized carbons (Fsp3) is 0.562. The summed E-state index contributed by atoms with van der Waals surface area (Å²) in [4.78, 5) is 14.5. The van der Waals surface area contributed by atoms with Gasteiger partial charge in [-0.25, -0.2) is 4.39 Å². The molecule has 1 heterocycles. The lowest BCUT2D eigenvalue weighted by molar-refractivity contribution is 0.0558. The predicted molar refractivity (Wildman–Crippen MR) is 79.8 cm³/mol. The molecule has 1 aromatic rings. The van der Waals surface area contributed by atoms with Gasteiger partial charge in [-0.1, -0.05) is 13.3 Å². The Morgan fingerprint density at radius 3 is 2.90 bits per heavy atom. The van der Waals surface area contributed by atoms with Crippen LogP contribution in [0.4, 0.5) is 4.39 Å². The summed E-state index contributed by atoms with van der Waals surface area (Å²) >= 11 is 0. The zero-order chi connectivity index (χ0) is 15.4. The molecule has 0 spiro atoms. The number of benzene rings is 1. The van der Waals surface area contributed by atoms with E-state index in [0.717, 1.165) is 19.3 Å². The lowest BCUT2D eigenvalue weighted by Crippen LogP contribution is -2.49. The van der Waals surface area contributed by atoms with Gasteiger partial charge in [0.25, 0.3) is 5.91 Å². The minimum Gasteiger partial charge on any atom is -0.494 e. The van der Waals surface area contributed by atoms with Crippen molar-refractivity contribution in [1.29, 1.82) is 0 Å². The Labute approximate surface area is 125 Å². The average molecular weight is 294 g/mol. The van der Waals surface area contributed by atoms with E-state index in [1.807, 2.05) is 4.90 Å². The topological polar surface area (TPSA) is 55.6 Å². The Kier molecular flexibility index (Phi) is 5.17. The highest BCUT2D eigenvalue weighted by Gasteiger charge is 2.30. The molecule has 0 saturated carbocycles. The van der Waals surface area contributed by atoms with E-state index in [1.54, 1.807) is 0 Å². The van der Waals surface area contributed by atoms with E-state index in [0.29, 0.717) is 24.6 Å². The second kappa shape index (κ2) is 6.89. The normalized spacial score (nSPS) is 22.2. The first-order chi connectivity index (χ1) is 10.1. The minimum atomic E-state index is -0.464. The summed E-state index contributed by atoms with van der Waals surface area (Å²) in [5, 5.41) is 0. The SMILES string of the molecule is CCC1CCN(C(=O)c2ccc(F)c(OC)c2)C(CN)C1. The number of nitrogens with two attached hydrogens (primary N) is 1. The number of piperidine rings is 1. The molecule has 21 heavy (non-hydrogen) atoms. The standard InChI is InChI=1S/C16H23FN2O2/c1-3-11-6-7-19(13(8-11)10-18)16(20)12-4-5-14(17)15(9-12)21-2/h4-5,9,11,13H,3,6-8,10,18H2,1-2H3. The Morgan fingerprint density at radius 1 is 1.52 bits per heavy atom. The number of halogens is 1. The number of amides is 1. The van der Waals surface area contributed by atoms with E-state index >= 15 is 0 Å². The van der Waals surface area contributed by atoms with Gasteiger partial charge in [0.05, 0.1) is 7.11 Å². The smallest absolute Gasteiger partial charge is 0.254 e. The van der Waals surface area contributed by atoms with Gasteiger partial charge in [0, 0.05) is 24.7 Å². The number of carbonyl (C=O) groups is 1. The molecule has 1 fully saturated rings. The number of nitrogens with zero attached hydrogens (tertiary/aromatic N) is 1. The van der Waals surface area contributed by atoms with Crippen molar-refractivity contribution in [2.45, 2.75) is 32.2 Å². The largest absolute Gasteiger partial charge is 0.494 e. The van der Waals surface area contributed by atoms with Gasteiger partial charge < -0.3 is 15.4 Å². The number of rotatable bonds is 4. The van der Waals surface area contributed by atoms with Gasteiger partial charge in [-0.2, -0.15) is 0 Å². The van der Waals surface area contributed by atoms with Crippen molar-refractivity contribution in [3.8, 4) is 5.75 Å². The Balaban J connectivity index is 2.18. The Hall–Kier alpha value is -1.62. The van der Waals surface area contributed by atoms with Crippen LogP contribution in [-0.2, 0) is 0 Å². The van der Waals surface area contributed by atoms with Gasteiger partial charge in [-0.05, 0) is 37.0 Å². The Bertz CT molecular complexity index is 507. The average Bonchev–Trinajstić information content (AvgIpc) is 2.54. The molecule has 1 saturated heterocycles. The van der Waals surface area contributed by atoms with E-state index in [-0.39, 0.29) is 17.7 Å². The van der Waals surface area contributed by atoms with Crippen molar-refractivity contribution in [1.82, 2.24) is 4.90 Å². The molecule has 2 atom stereocenters. The quantitative estimate of drug-likeness (QED) is 0.928. The van der Waals surface area contributed by atoms with Crippen LogP contribution in [0.25, 0.3) is 0 Å². The van der Waals surface area contributed by atoms with Gasteiger partial charge >= 0.3 is 0 Å². The molecular formula is C16H23FN2O2. The van der Waals surface area contributed by atoms with Crippen LogP contribution in [0.5, 0.6) is 5.75 Å². The summed E-state index contributed by atoms with van der Waals surface area (Å²) in [7, 11) is 1.39. The first-order valence-electron chi connectivity index (χ1n) is 7.45. The molecule has 0 bridgehead atoms. The maximum atomic E-state index is 13.4. The molecule has 0 aromatic heterocycles. The van der Waals surface area contributed by atoms with E-state index in [1.165, 1.54) is 25.3 Å². The fourth-order valence-electron chi connectivity index (χ4n) is 2.95. The molecule has 5 heteroatoms. The molecule has 4 nitrogen and oxygen atoms in total. The second-order valence-electron chi connectivity index (χ2n) is 5.54. The third-order valence-electron chi connectivity index (χ3n) is 4.33. The predicted octanol–water partition coefficient (Wildman–Crippen LogP) is 2.42. The first-order valence-corrected chi connectivity index (χ1v) is 7.45. The lowest BCUT2D eigenvalue weighted by atomic mass is 9.88. The van der Waals surface area contributed by atoms with Crippen molar-refractivity contribution < 1.29 is 13.9 Å². The molecule has 0 aliphatic carbocycles. The highest BCUT2D eigenvalue weighted by molar-refractivity contribution is 5.95. The van der Waals surface area contributed by atoms with Crippen LogP contribution in [-0.4, -0.2) is 37.0 Å². The van der Waals surface area contributed by atoms with Gasteiger partial charge in [0.15, 0.2) is 11.6 Å². The first kappa shape index (κ1) is 15.8. The zero-order valence-electron chi connectivity index (χ0n) is 12.6. The minimum absolute atomic E-state index is 0.0623. The maximum absolute atomic E-state index is 13.4. The third-order valence-corrected chi connectivity index (χ3v) is 4.33. The van der Waals surface area contributed by atoms with Crippen LogP contribution in [0.15, 0.2) is 18.2 Å². The summed E-state index contributed by atoms with van der Waals surface area (Å²) in [6.07, 6.45) is 3.05. The van der Waals surface area contributed by atoms with Crippen LogP contribution in [0, 0.1) is 11.7 Å². The zero-order valence-corrected chi connectivity index (χ0v) is 12.6. The molecule has 1 aromatic carbocycles. The second-order valence-corrected chi connectivity index (χ2v) is 5.54. The summed E-state index contributed by atoms with van der Waals surface area (Å²) in [6.45, 7) is 3.33. The highest BCUT2D eigenvalue weighted by Crippen LogP contribution is 2.27. The number of likely N-dealkylation sites (tertiary alicyclic amines) is 1. The van der Waals surface area contributed by atoms with Crippen molar-refractivity contribution in [3.05, 3.63) is 29.6 Å². The van der Waals surface area contributed by atoms with Crippen molar-refractivity contribution >= 4 is 5.91 Å². The molecule has 116 valence electrons. The highest BCUT2D eigenvalue weighted by atomic mass is 19.1. The maximum Gasteiger partial charge on any atom is 0.254 e. The molecule has 0 radical (unpaired) electrons. The number of methoxy groups -OCH3 is 1. The number of hydrogen-bond donors (Lipinski definition) is 1. The number of carbonyl (C=O) groups excluding carboxylic acids is 1. The Morgan fingerprint density at radius 2 is 2.29 bits per heavy atom. The molecule has 1 aliphatic heterocycles. The third kappa shape index (κ3) is 3.35. The molecule has 2 rings (SSSR count). The van der Waals surface area contributed by atoms with Gasteiger partial charge in [0.1, 0.15) is 0 Å². The van der Waals surface area contributed by atoms with Crippen molar-refractivity contribution in [3.63, 3.8) is 0 Å². The van der Waals surface area contributed by atoms with E-state index in [2.05, 4.69) is 6.92 Å². The van der Waals surface area contributed by atoms with Crippen LogP contribution >= 0.6 is 0 Å². The van der Waals surface area contributed by atoms with Crippen molar-refractivity contribution in [2.75, 3.05) is 20.2 Å².